The van der Waals surface area contributed by atoms with E-state index in [4.69, 9.17) is 41.1 Å². The van der Waals surface area contributed by atoms with Gasteiger partial charge in [0.2, 0.25) is 5.95 Å². The van der Waals surface area contributed by atoms with Gasteiger partial charge in [0, 0.05) is 36.4 Å². The van der Waals surface area contributed by atoms with Gasteiger partial charge in [0.05, 0.1) is 43.4 Å². The molecule has 0 unspecified atom stereocenters. The Kier molecular flexibility index (Phi) is 13.4. The van der Waals surface area contributed by atoms with Crippen LogP contribution >= 0.6 is 11.6 Å². The topological polar surface area (TPSA) is 144 Å². The average molecular weight is 723 g/mol. The van der Waals surface area contributed by atoms with Gasteiger partial charge in [-0.3, -0.25) is 10.1 Å². The van der Waals surface area contributed by atoms with E-state index in [1.54, 1.807) is 25.6 Å². The van der Waals surface area contributed by atoms with Crippen LogP contribution in [0.25, 0.3) is 11.1 Å². The average Bonchev–Trinajstić information content (AvgIpc) is 3.49. The van der Waals surface area contributed by atoms with Crippen LogP contribution in [0.2, 0.25) is 5.02 Å². The Labute approximate surface area is 306 Å². The third kappa shape index (κ3) is 11.2. The molecule has 3 aromatic rings. The second kappa shape index (κ2) is 17.9. The van der Waals surface area contributed by atoms with Crippen molar-refractivity contribution in [2.75, 3.05) is 45.3 Å². The molecule has 1 saturated heterocycles. The van der Waals surface area contributed by atoms with Crippen molar-refractivity contribution in [1.82, 2.24) is 25.1 Å². The molecule has 5 rings (SSSR count). The number of ether oxygens (including phenoxy) is 4. The monoisotopic (exact) mass is 722 g/mol. The quantitative estimate of drug-likeness (QED) is 0.0869. The molecule has 13 nitrogen and oxygen atoms in total. The van der Waals surface area contributed by atoms with E-state index in [1.807, 2.05) is 25.3 Å². The molecule has 3 heterocycles. The molecule has 51 heavy (non-hydrogen) atoms. The van der Waals surface area contributed by atoms with E-state index in [-0.39, 0.29) is 29.8 Å². The lowest BCUT2D eigenvalue weighted by molar-refractivity contribution is -0.564. The van der Waals surface area contributed by atoms with Crippen LogP contribution in [0.4, 0.5) is 11.6 Å². The zero-order chi connectivity index (χ0) is 36.4. The number of nitrogens with zero attached hydrogens (tertiary/aromatic N) is 6. The summed E-state index contributed by atoms with van der Waals surface area (Å²) in [6.07, 6.45) is 15.1. The second-order valence-electron chi connectivity index (χ2n) is 14.5. The molecule has 3 N–H and O–H groups in total. The molecule has 1 aliphatic carbocycles. The molecule has 3 atom stereocenters. The molecule has 0 amide bonds. The number of anilines is 2. The highest BCUT2D eigenvalue weighted by molar-refractivity contribution is 6.32. The number of methoxy groups -OCH3 is 1. The number of nitrogens with one attached hydrogen (secondary N) is 3. The van der Waals surface area contributed by atoms with E-state index in [0.29, 0.717) is 48.3 Å². The molecule has 14 heteroatoms. The summed E-state index contributed by atoms with van der Waals surface area (Å²) in [6.45, 7) is 13.9. The second-order valence-corrected chi connectivity index (χ2v) is 14.9. The van der Waals surface area contributed by atoms with Crippen LogP contribution in [0, 0.1) is 16.7 Å². The van der Waals surface area contributed by atoms with E-state index in [9.17, 15) is 0 Å². The van der Waals surface area contributed by atoms with Gasteiger partial charge in [0.15, 0.2) is 13.1 Å². The van der Waals surface area contributed by atoms with E-state index in [0.717, 1.165) is 61.9 Å². The number of benzene rings is 1. The molecule has 0 spiro atoms. The van der Waals surface area contributed by atoms with E-state index in [2.05, 4.69) is 68.8 Å². The summed E-state index contributed by atoms with van der Waals surface area (Å²) >= 11 is 6.45. The smallest absolute Gasteiger partial charge is 0.256 e. The summed E-state index contributed by atoms with van der Waals surface area (Å²) in [5.41, 5.74) is 2.21. The lowest BCUT2D eigenvalue weighted by atomic mass is 9.86. The molecular weight excluding hydrogens is 670 g/mol. The summed E-state index contributed by atoms with van der Waals surface area (Å²) in [5.74, 6) is 2.07. The van der Waals surface area contributed by atoms with Gasteiger partial charge in [0.25, 0.3) is 5.88 Å². The largest absolute Gasteiger partial charge is 0.487 e. The third-order valence-corrected chi connectivity index (χ3v) is 9.27. The first kappa shape index (κ1) is 38.2. The number of morpholine rings is 1. The first-order valence-electron chi connectivity index (χ1n) is 17.8. The highest BCUT2D eigenvalue weighted by Crippen LogP contribution is 2.36. The van der Waals surface area contributed by atoms with Crippen LogP contribution in [0.15, 0.2) is 41.8 Å². The van der Waals surface area contributed by atoms with Gasteiger partial charge in [0.1, 0.15) is 42.3 Å². The molecule has 0 radical (unpaired) electrons. The Hall–Kier alpha value is -4.07. The molecular formula is C37H53ClN9O4+. The normalized spacial score (nSPS) is 22.5. The van der Waals surface area contributed by atoms with Gasteiger partial charge >= 0.3 is 0 Å². The number of hydrogen-bond donors (Lipinski definition) is 3. The van der Waals surface area contributed by atoms with Crippen molar-refractivity contribution < 1.29 is 23.5 Å². The van der Waals surface area contributed by atoms with Crippen molar-refractivity contribution in [1.29, 1.82) is 5.41 Å². The van der Waals surface area contributed by atoms with Crippen molar-refractivity contribution in [2.24, 2.45) is 16.3 Å². The van der Waals surface area contributed by atoms with Crippen molar-refractivity contribution in [3.8, 4) is 22.8 Å². The lowest BCUT2D eigenvalue weighted by Crippen LogP contribution is -2.41. The molecule has 1 saturated carbocycles. The van der Waals surface area contributed by atoms with Crippen LogP contribution < -0.4 is 20.1 Å². The van der Waals surface area contributed by atoms with Crippen molar-refractivity contribution in [3.05, 3.63) is 41.8 Å². The first-order chi connectivity index (χ1) is 24.5. The summed E-state index contributed by atoms with van der Waals surface area (Å²) in [4.78, 5) is 13.0. The molecule has 1 aromatic carbocycles. The zero-order valence-electron chi connectivity index (χ0n) is 30.6. The Morgan fingerprint density at radius 1 is 1.12 bits per heavy atom. The van der Waals surface area contributed by atoms with Crippen molar-refractivity contribution in [2.45, 2.75) is 84.7 Å². The molecule has 2 aromatic heterocycles. The Morgan fingerprint density at radius 2 is 1.84 bits per heavy atom. The number of aliphatic imine (C=N–C) groups is 1. The number of aromatic nitrogens is 4. The molecule has 1 aliphatic heterocycles. The summed E-state index contributed by atoms with van der Waals surface area (Å²) in [7, 11) is 1.70. The van der Waals surface area contributed by atoms with E-state index < -0.39 is 0 Å². The van der Waals surface area contributed by atoms with Gasteiger partial charge in [-0.1, -0.05) is 31.5 Å². The van der Waals surface area contributed by atoms with Crippen LogP contribution in [-0.4, -0.2) is 101 Å². The highest BCUT2D eigenvalue weighted by Gasteiger charge is 2.30. The minimum atomic E-state index is -0.193. The van der Waals surface area contributed by atoms with E-state index in [1.165, 1.54) is 6.34 Å². The maximum absolute atomic E-state index is 6.97. The van der Waals surface area contributed by atoms with Gasteiger partial charge in [-0.05, 0) is 64.2 Å². The minimum Gasteiger partial charge on any atom is -0.487 e. The fourth-order valence-corrected chi connectivity index (χ4v) is 6.77. The minimum absolute atomic E-state index is 0.188. The molecule has 0 bridgehead atoms. The predicted octanol–water partition coefficient (Wildman–Crippen LogP) is 6.40. The Balaban J connectivity index is 1.27. The molecule has 2 fully saturated rings. The lowest BCUT2D eigenvalue weighted by Gasteiger charge is -2.28. The fourth-order valence-electron chi connectivity index (χ4n) is 6.61. The van der Waals surface area contributed by atoms with Crippen LogP contribution in [0.3, 0.4) is 0 Å². The molecule has 2 aliphatic rings. The number of halogens is 1. The SMILES string of the molecule is COCC(C)(C)COc1nn(C2CCC(/C=[N+]3/C[C@@H](C)O[C@@H](C)C3)CC2)cc1Nc1ncc(-c2ccc(Cl)c(O[C@@H](C)CN/C=N\C=N)c2)cn1. The van der Waals surface area contributed by atoms with Gasteiger partial charge in [-0.15, -0.1) is 5.10 Å². The Bertz CT molecular complexity index is 1630. The standard InChI is InChI=1S/C37H53ClN9O4/c1-25(14-40-24-41-23-39)51-34-13-29(9-12-32(34)38)30-15-42-36(43-16-30)44-33-20-47(45-35(33)49-22-37(4,5)21-48-6)31-10-7-28(8-11-31)19-46-17-26(2)50-27(3)18-46/h9,12-13,15-16,19-20,23-28,31H,7-8,10-11,14,17-18,21-22H2,1-6H3,(H2,39,40,41)(H,42,43,44)/q+1/b46-19-/t25-,26+,27-,28?,31?/m0/s1. The van der Waals surface area contributed by atoms with Gasteiger partial charge in [-0.25, -0.2) is 19.5 Å². The summed E-state index contributed by atoms with van der Waals surface area (Å²) in [6, 6.07) is 5.86. The van der Waals surface area contributed by atoms with Crippen molar-refractivity contribution >= 4 is 42.1 Å². The summed E-state index contributed by atoms with van der Waals surface area (Å²) < 4.78 is 28.2. The Morgan fingerprint density at radius 3 is 2.53 bits per heavy atom. The maximum Gasteiger partial charge on any atom is 0.256 e. The molecule has 276 valence electrons. The third-order valence-electron chi connectivity index (χ3n) is 8.95. The highest BCUT2D eigenvalue weighted by atomic mass is 35.5. The first-order valence-corrected chi connectivity index (χ1v) is 18.1. The summed E-state index contributed by atoms with van der Waals surface area (Å²) in [5, 5.41) is 18.8. The fraction of sp³-hybridized carbons (Fsp3) is 0.568. The maximum atomic E-state index is 6.97. The van der Waals surface area contributed by atoms with Crippen LogP contribution in [-0.2, 0) is 9.47 Å². The zero-order valence-corrected chi connectivity index (χ0v) is 31.4. The van der Waals surface area contributed by atoms with Gasteiger partial charge in [-0.2, -0.15) is 0 Å². The van der Waals surface area contributed by atoms with Crippen LogP contribution in [0.5, 0.6) is 11.6 Å². The van der Waals surface area contributed by atoms with Crippen molar-refractivity contribution in [3.63, 3.8) is 0 Å². The van der Waals surface area contributed by atoms with E-state index >= 15 is 0 Å². The van der Waals surface area contributed by atoms with Crippen LogP contribution in [0.1, 0.15) is 66.3 Å². The number of rotatable bonds is 16. The predicted molar refractivity (Wildman–Crippen MR) is 202 cm³/mol. The number of hydrogen-bond acceptors (Lipinski definition) is 9. The van der Waals surface area contributed by atoms with Gasteiger partial charge < -0.3 is 29.6 Å².